The molecule has 1 aromatic carbocycles. The number of benzene rings is 1. The van der Waals surface area contributed by atoms with Gasteiger partial charge in [-0.05, 0) is 42.0 Å². The SMILES string of the molecule is O=C(O)C=C(c1ccc(F)cc1)C1CCCCC1. The Morgan fingerprint density at radius 3 is 2.33 bits per heavy atom. The molecule has 0 atom stereocenters. The second kappa shape index (κ2) is 5.80. The van der Waals surface area contributed by atoms with Gasteiger partial charge in [-0.1, -0.05) is 31.4 Å². The zero-order valence-electron chi connectivity index (χ0n) is 10.2. The summed E-state index contributed by atoms with van der Waals surface area (Å²) in [5.41, 5.74) is 1.66. The summed E-state index contributed by atoms with van der Waals surface area (Å²) < 4.78 is 12.9. The van der Waals surface area contributed by atoms with Crippen molar-refractivity contribution in [2.45, 2.75) is 32.1 Å². The molecule has 1 aromatic rings. The number of allylic oxidation sites excluding steroid dienone is 1. The van der Waals surface area contributed by atoms with Crippen molar-refractivity contribution in [3.8, 4) is 0 Å². The Morgan fingerprint density at radius 2 is 1.78 bits per heavy atom. The average Bonchev–Trinajstić information content (AvgIpc) is 2.38. The van der Waals surface area contributed by atoms with Gasteiger partial charge in [0.05, 0.1) is 0 Å². The van der Waals surface area contributed by atoms with Crippen molar-refractivity contribution in [1.82, 2.24) is 0 Å². The van der Waals surface area contributed by atoms with E-state index in [0.717, 1.165) is 36.8 Å². The van der Waals surface area contributed by atoms with Gasteiger partial charge in [0.25, 0.3) is 0 Å². The van der Waals surface area contributed by atoms with E-state index in [0.29, 0.717) is 5.92 Å². The van der Waals surface area contributed by atoms with Crippen LogP contribution in [0.5, 0.6) is 0 Å². The maximum atomic E-state index is 12.9. The van der Waals surface area contributed by atoms with E-state index in [4.69, 9.17) is 5.11 Å². The van der Waals surface area contributed by atoms with Crippen molar-refractivity contribution in [1.29, 1.82) is 0 Å². The Kier molecular flexibility index (Phi) is 4.13. The molecule has 2 rings (SSSR count). The average molecular weight is 248 g/mol. The molecule has 1 N–H and O–H groups in total. The molecule has 0 amide bonds. The Morgan fingerprint density at radius 1 is 1.17 bits per heavy atom. The van der Waals surface area contributed by atoms with Crippen molar-refractivity contribution < 1.29 is 14.3 Å². The number of aliphatic carboxylic acids is 1. The number of halogens is 1. The molecule has 0 heterocycles. The highest BCUT2D eigenvalue weighted by Crippen LogP contribution is 2.35. The minimum atomic E-state index is -0.931. The fourth-order valence-electron chi connectivity index (χ4n) is 2.63. The maximum absolute atomic E-state index is 12.9. The fourth-order valence-corrected chi connectivity index (χ4v) is 2.63. The lowest BCUT2D eigenvalue weighted by atomic mass is 9.81. The Balaban J connectivity index is 2.30. The normalized spacial score (nSPS) is 17.7. The zero-order chi connectivity index (χ0) is 13.0. The van der Waals surface area contributed by atoms with E-state index in [1.165, 1.54) is 24.6 Å². The van der Waals surface area contributed by atoms with Gasteiger partial charge in [0.15, 0.2) is 0 Å². The summed E-state index contributed by atoms with van der Waals surface area (Å²) >= 11 is 0. The Hall–Kier alpha value is -1.64. The molecule has 1 fully saturated rings. The summed E-state index contributed by atoms with van der Waals surface area (Å²) in [6, 6.07) is 6.10. The minimum absolute atomic E-state index is 0.292. The highest BCUT2D eigenvalue weighted by atomic mass is 19.1. The first-order chi connectivity index (χ1) is 8.66. The second-order valence-electron chi connectivity index (χ2n) is 4.78. The van der Waals surface area contributed by atoms with Crippen molar-refractivity contribution in [2.24, 2.45) is 5.92 Å². The molecule has 0 radical (unpaired) electrons. The summed E-state index contributed by atoms with van der Waals surface area (Å²) in [6.45, 7) is 0. The van der Waals surface area contributed by atoms with E-state index in [1.54, 1.807) is 12.1 Å². The van der Waals surface area contributed by atoms with Crippen LogP contribution in [0.2, 0.25) is 0 Å². The first kappa shape index (κ1) is 12.8. The van der Waals surface area contributed by atoms with Crippen LogP contribution in [-0.2, 0) is 4.79 Å². The fraction of sp³-hybridized carbons (Fsp3) is 0.400. The molecule has 0 saturated heterocycles. The summed E-state index contributed by atoms with van der Waals surface area (Å²) in [5, 5.41) is 8.98. The lowest BCUT2D eigenvalue weighted by molar-refractivity contribution is -0.131. The van der Waals surface area contributed by atoms with Crippen molar-refractivity contribution in [3.05, 3.63) is 41.7 Å². The number of rotatable bonds is 3. The molecule has 0 aromatic heterocycles. The third-order valence-electron chi connectivity index (χ3n) is 3.50. The summed E-state index contributed by atoms with van der Waals surface area (Å²) in [4.78, 5) is 10.9. The van der Waals surface area contributed by atoms with Gasteiger partial charge >= 0.3 is 5.97 Å². The van der Waals surface area contributed by atoms with Crippen LogP contribution in [-0.4, -0.2) is 11.1 Å². The van der Waals surface area contributed by atoms with E-state index in [-0.39, 0.29) is 5.82 Å². The van der Waals surface area contributed by atoms with Crippen LogP contribution in [0.3, 0.4) is 0 Å². The topological polar surface area (TPSA) is 37.3 Å². The third kappa shape index (κ3) is 3.19. The van der Waals surface area contributed by atoms with Gasteiger partial charge in [-0.15, -0.1) is 0 Å². The molecule has 1 aliphatic rings. The van der Waals surface area contributed by atoms with Crippen molar-refractivity contribution in [2.75, 3.05) is 0 Å². The minimum Gasteiger partial charge on any atom is -0.478 e. The van der Waals surface area contributed by atoms with Crippen LogP contribution in [0.25, 0.3) is 5.57 Å². The number of carboxylic acid groups (broad SMARTS) is 1. The second-order valence-corrected chi connectivity index (χ2v) is 4.78. The maximum Gasteiger partial charge on any atom is 0.328 e. The smallest absolute Gasteiger partial charge is 0.328 e. The highest BCUT2D eigenvalue weighted by Gasteiger charge is 2.20. The third-order valence-corrected chi connectivity index (χ3v) is 3.50. The van der Waals surface area contributed by atoms with Gasteiger partial charge in [-0.3, -0.25) is 0 Å². The number of carboxylic acids is 1. The molecule has 0 unspecified atom stereocenters. The van der Waals surface area contributed by atoms with E-state index in [1.807, 2.05) is 0 Å². The molecule has 3 heteroatoms. The Labute approximate surface area is 106 Å². The molecule has 1 saturated carbocycles. The predicted octanol–water partition coefficient (Wildman–Crippen LogP) is 3.87. The van der Waals surface area contributed by atoms with Gasteiger partial charge in [0.1, 0.15) is 5.82 Å². The molecular formula is C15H17FO2. The van der Waals surface area contributed by atoms with Crippen molar-refractivity contribution in [3.63, 3.8) is 0 Å². The zero-order valence-corrected chi connectivity index (χ0v) is 10.2. The molecule has 1 aliphatic carbocycles. The largest absolute Gasteiger partial charge is 0.478 e. The molecule has 0 aliphatic heterocycles. The molecule has 0 spiro atoms. The van der Waals surface area contributed by atoms with E-state index >= 15 is 0 Å². The summed E-state index contributed by atoms with van der Waals surface area (Å²) in [6.07, 6.45) is 6.84. The van der Waals surface area contributed by atoms with Crippen LogP contribution in [0.15, 0.2) is 30.3 Å². The Bertz CT molecular complexity index is 442. The van der Waals surface area contributed by atoms with Crippen LogP contribution >= 0.6 is 0 Å². The van der Waals surface area contributed by atoms with Crippen LogP contribution in [0, 0.1) is 11.7 Å². The molecular weight excluding hydrogens is 231 g/mol. The van der Waals surface area contributed by atoms with Gasteiger partial charge < -0.3 is 5.11 Å². The lowest BCUT2D eigenvalue weighted by Crippen LogP contribution is -2.10. The molecule has 18 heavy (non-hydrogen) atoms. The summed E-state index contributed by atoms with van der Waals surface area (Å²) in [5.74, 6) is -0.933. The van der Waals surface area contributed by atoms with Crippen molar-refractivity contribution >= 4 is 11.5 Å². The molecule has 2 nitrogen and oxygen atoms in total. The lowest BCUT2D eigenvalue weighted by Gasteiger charge is -2.24. The van der Waals surface area contributed by atoms with E-state index < -0.39 is 5.97 Å². The first-order valence-corrected chi connectivity index (χ1v) is 6.37. The summed E-state index contributed by atoms with van der Waals surface area (Å²) in [7, 11) is 0. The first-order valence-electron chi connectivity index (χ1n) is 6.37. The van der Waals surface area contributed by atoms with Crippen LogP contribution in [0.1, 0.15) is 37.7 Å². The van der Waals surface area contributed by atoms with Gasteiger partial charge in [0.2, 0.25) is 0 Å². The quantitative estimate of drug-likeness (QED) is 0.824. The van der Waals surface area contributed by atoms with Crippen LogP contribution < -0.4 is 0 Å². The van der Waals surface area contributed by atoms with E-state index in [2.05, 4.69) is 0 Å². The van der Waals surface area contributed by atoms with Gasteiger partial charge in [-0.2, -0.15) is 0 Å². The molecule has 0 bridgehead atoms. The molecule has 96 valence electrons. The van der Waals surface area contributed by atoms with Gasteiger partial charge in [0, 0.05) is 6.08 Å². The van der Waals surface area contributed by atoms with Gasteiger partial charge in [-0.25, -0.2) is 9.18 Å². The number of carbonyl (C=O) groups is 1. The predicted molar refractivity (Wildman–Crippen MR) is 68.6 cm³/mol. The number of hydrogen-bond donors (Lipinski definition) is 1. The van der Waals surface area contributed by atoms with E-state index in [9.17, 15) is 9.18 Å². The van der Waals surface area contributed by atoms with Crippen LogP contribution in [0.4, 0.5) is 4.39 Å². The number of hydrogen-bond acceptors (Lipinski definition) is 1. The standard InChI is InChI=1S/C15H17FO2/c16-13-8-6-12(7-9-13)14(10-15(17)18)11-4-2-1-3-5-11/h6-11H,1-5H2,(H,17,18). The monoisotopic (exact) mass is 248 g/mol. The highest BCUT2D eigenvalue weighted by molar-refractivity contribution is 5.90.